The number of rotatable bonds is 3. The average molecular weight is 313 g/mol. The lowest BCUT2D eigenvalue weighted by molar-refractivity contribution is -0.384. The summed E-state index contributed by atoms with van der Waals surface area (Å²) in [5.74, 6) is 0.616. The van der Waals surface area contributed by atoms with Gasteiger partial charge in [0.1, 0.15) is 0 Å². The molecule has 1 N–H and O–H groups in total. The second-order valence-electron chi connectivity index (χ2n) is 4.93. The fourth-order valence-electron chi connectivity index (χ4n) is 2.47. The van der Waals surface area contributed by atoms with E-state index >= 15 is 0 Å². The average Bonchev–Trinajstić information content (AvgIpc) is 2.34. The molecule has 0 bridgehead atoms. The Morgan fingerprint density at radius 1 is 1.39 bits per heavy atom. The highest BCUT2D eigenvalue weighted by Crippen LogP contribution is 2.32. The van der Waals surface area contributed by atoms with Crippen molar-refractivity contribution < 1.29 is 4.92 Å². The lowest BCUT2D eigenvalue weighted by Gasteiger charge is -2.30. The largest absolute Gasteiger partial charge is 0.381 e. The standard InChI is InChI=1S/C13H17BrN2O2/c1-9-4-2-3-5-12(9)15-13-8-10(16(17)18)6-7-11(13)14/h6-9,12,15H,2-5H2,1H3. The van der Waals surface area contributed by atoms with Crippen LogP contribution in [-0.2, 0) is 0 Å². The van der Waals surface area contributed by atoms with Crippen LogP contribution in [0.15, 0.2) is 22.7 Å². The van der Waals surface area contributed by atoms with Crippen LogP contribution in [0.2, 0.25) is 0 Å². The normalized spacial score (nSPS) is 23.7. The maximum atomic E-state index is 10.8. The van der Waals surface area contributed by atoms with E-state index in [2.05, 4.69) is 28.2 Å². The summed E-state index contributed by atoms with van der Waals surface area (Å²) in [6.07, 6.45) is 4.88. The minimum Gasteiger partial charge on any atom is -0.381 e. The van der Waals surface area contributed by atoms with Gasteiger partial charge >= 0.3 is 0 Å². The maximum Gasteiger partial charge on any atom is 0.271 e. The zero-order valence-electron chi connectivity index (χ0n) is 10.4. The molecule has 0 aliphatic heterocycles. The third-order valence-corrected chi connectivity index (χ3v) is 4.30. The smallest absolute Gasteiger partial charge is 0.271 e. The number of nitro groups is 1. The molecule has 98 valence electrons. The molecule has 1 saturated carbocycles. The van der Waals surface area contributed by atoms with Crippen LogP contribution >= 0.6 is 15.9 Å². The topological polar surface area (TPSA) is 55.2 Å². The maximum absolute atomic E-state index is 10.8. The van der Waals surface area contributed by atoms with Crippen molar-refractivity contribution in [1.29, 1.82) is 0 Å². The van der Waals surface area contributed by atoms with Crippen LogP contribution in [0, 0.1) is 16.0 Å². The van der Waals surface area contributed by atoms with Gasteiger partial charge in [0, 0.05) is 22.6 Å². The Morgan fingerprint density at radius 3 is 2.78 bits per heavy atom. The number of nitrogens with one attached hydrogen (secondary N) is 1. The Morgan fingerprint density at radius 2 is 2.11 bits per heavy atom. The Bertz CT molecular complexity index is 451. The number of hydrogen-bond donors (Lipinski definition) is 1. The van der Waals surface area contributed by atoms with Crippen molar-refractivity contribution in [2.75, 3.05) is 5.32 Å². The summed E-state index contributed by atoms with van der Waals surface area (Å²) in [7, 11) is 0. The number of nitro benzene ring substituents is 1. The molecule has 5 heteroatoms. The Kier molecular flexibility index (Phi) is 4.22. The number of non-ortho nitro benzene ring substituents is 1. The van der Waals surface area contributed by atoms with Crippen LogP contribution in [0.3, 0.4) is 0 Å². The Labute approximate surface area is 115 Å². The second-order valence-corrected chi connectivity index (χ2v) is 5.79. The molecule has 4 nitrogen and oxygen atoms in total. The molecule has 1 fully saturated rings. The van der Waals surface area contributed by atoms with Crippen molar-refractivity contribution >= 4 is 27.3 Å². The molecule has 0 aromatic heterocycles. The van der Waals surface area contributed by atoms with Gasteiger partial charge in [-0.05, 0) is 40.8 Å². The van der Waals surface area contributed by atoms with Crippen LogP contribution < -0.4 is 5.32 Å². The summed E-state index contributed by atoms with van der Waals surface area (Å²) in [5, 5.41) is 14.2. The highest BCUT2D eigenvalue weighted by Gasteiger charge is 2.22. The molecule has 0 spiro atoms. The molecule has 1 aromatic rings. The second kappa shape index (κ2) is 5.69. The molecule has 1 aliphatic carbocycles. The summed E-state index contributed by atoms with van der Waals surface area (Å²) in [6.45, 7) is 2.24. The summed E-state index contributed by atoms with van der Waals surface area (Å²) in [4.78, 5) is 10.4. The van der Waals surface area contributed by atoms with Gasteiger partial charge in [-0.1, -0.05) is 19.8 Å². The molecule has 2 atom stereocenters. The van der Waals surface area contributed by atoms with Crippen LogP contribution in [0.25, 0.3) is 0 Å². The number of benzene rings is 1. The third kappa shape index (κ3) is 3.02. The minimum absolute atomic E-state index is 0.129. The van der Waals surface area contributed by atoms with Crippen molar-refractivity contribution in [3.63, 3.8) is 0 Å². The van der Waals surface area contributed by atoms with E-state index < -0.39 is 0 Å². The van der Waals surface area contributed by atoms with Crippen molar-refractivity contribution in [2.45, 2.75) is 38.6 Å². The van der Waals surface area contributed by atoms with Gasteiger partial charge in [0.15, 0.2) is 0 Å². The predicted octanol–water partition coefficient (Wildman–Crippen LogP) is 4.35. The molecule has 18 heavy (non-hydrogen) atoms. The molecule has 0 heterocycles. The van der Waals surface area contributed by atoms with Gasteiger partial charge < -0.3 is 5.32 Å². The molecule has 0 radical (unpaired) electrons. The van der Waals surface area contributed by atoms with Gasteiger partial charge in [0.2, 0.25) is 0 Å². The quantitative estimate of drug-likeness (QED) is 0.667. The highest BCUT2D eigenvalue weighted by atomic mass is 79.9. The summed E-state index contributed by atoms with van der Waals surface area (Å²) >= 11 is 3.44. The van der Waals surface area contributed by atoms with E-state index in [4.69, 9.17) is 0 Å². The van der Waals surface area contributed by atoms with E-state index in [-0.39, 0.29) is 10.6 Å². The van der Waals surface area contributed by atoms with Gasteiger partial charge in [-0.25, -0.2) is 0 Å². The van der Waals surface area contributed by atoms with Crippen LogP contribution in [-0.4, -0.2) is 11.0 Å². The first-order valence-corrected chi connectivity index (χ1v) is 7.07. The molecule has 1 aliphatic rings. The zero-order chi connectivity index (χ0) is 13.1. The van der Waals surface area contributed by atoms with Crippen molar-refractivity contribution in [3.8, 4) is 0 Å². The number of halogens is 1. The fourth-order valence-corrected chi connectivity index (χ4v) is 2.83. The van der Waals surface area contributed by atoms with Gasteiger partial charge in [0.05, 0.1) is 10.6 Å². The van der Waals surface area contributed by atoms with Gasteiger partial charge in [-0.3, -0.25) is 10.1 Å². The number of anilines is 1. The first kappa shape index (κ1) is 13.3. The highest BCUT2D eigenvalue weighted by molar-refractivity contribution is 9.10. The fraction of sp³-hybridized carbons (Fsp3) is 0.538. The third-order valence-electron chi connectivity index (χ3n) is 3.61. The Balaban J connectivity index is 2.17. The lowest BCUT2D eigenvalue weighted by atomic mass is 9.86. The van der Waals surface area contributed by atoms with Crippen molar-refractivity contribution in [2.24, 2.45) is 5.92 Å². The van der Waals surface area contributed by atoms with Crippen LogP contribution in [0.5, 0.6) is 0 Å². The molecular formula is C13H17BrN2O2. The first-order chi connectivity index (χ1) is 8.58. The molecule has 0 amide bonds. The molecule has 1 aromatic carbocycles. The van der Waals surface area contributed by atoms with E-state index in [1.807, 2.05) is 0 Å². The Hall–Kier alpha value is -1.10. The van der Waals surface area contributed by atoms with E-state index in [9.17, 15) is 10.1 Å². The van der Waals surface area contributed by atoms with Gasteiger partial charge in [-0.15, -0.1) is 0 Å². The van der Waals surface area contributed by atoms with Gasteiger partial charge in [0.25, 0.3) is 5.69 Å². The summed E-state index contributed by atoms with van der Waals surface area (Å²) in [5.41, 5.74) is 0.951. The summed E-state index contributed by atoms with van der Waals surface area (Å²) in [6, 6.07) is 5.26. The predicted molar refractivity (Wildman–Crippen MR) is 75.8 cm³/mol. The number of nitrogens with zero attached hydrogens (tertiary/aromatic N) is 1. The van der Waals surface area contributed by atoms with Gasteiger partial charge in [-0.2, -0.15) is 0 Å². The van der Waals surface area contributed by atoms with Crippen molar-refractivity contribution in [1.82, 2.24) is 0 Å². The van der Waals surface area contributed by atoms with Crippen LogP contribution in [0.4, 0.5) is 11.4 Å². The van der Waals surface area contributed by atoms with E-state index in [0.29, 0.717) is 12.0 Å². The summed E-state index contributed by atoms with van der Waals surface area (Å²) < 4.78 is 0.880. The minimum atomic E-state index is -0.359. The SMILES string of the molecule is CC1CCCCC1Nc1cc([N+](=O)[O-])ccc1Br. The molecule has 0 saturated heterocycles. The van der Waals surface area contributed by atoms with E-state index in [1.165, 1.54) is 25.3 Å². The van der Waals surface area contributed by atoms with E-state index in [1.54, 1.807) is 12.1 Å². The monoisotopic (exact) mass is 312 g/mol. The lowest BCUT2D eigenvalue weighted by Crippen LogP contribution is -2.30. The van der Waals surface area contributed by atoms with E-state index in [0.717, 1.165) is 16.6 Å². The molecule has 2 rings (SSSR count). The number of hydrogen-bond acceptors (Lipinski definition) is 3. The van der Waals surface area contributed by atoms with Crippen LogP contribution in [0.1, 0.15) is 32.6 Å². The first-order valence-electron chi connectivity index (χ1n) is 6.28. The molecule has 2 unspecified atom stereocenters. The zero-order valence-corrected chi connectivity index (χ0v) is 11.9. The molecular weight excluding hydrogens is 296 g/mol. The van der Waals surface area contributed by atoms with Crippen molar-refractivity contribution in [3.05, 3.63) is 32.8 Å².